The van der Waals surface area contributed by atoms with Gasteiger partial charge in [-0.2, -0.15) is 0 Å². The van der Waals surface area contributed by atoms with Crippen molar-refractivity contribution < 1.29 is 0 Å². The molecule has 2 nitrogen and oxygen atoms in total. The summed E-state index contributed by atoms with van der Waals surface area (Å²) in [5.41, 5.74) is 7.57. The van der Waals surface area contributed by atoms with Crippen molar-refractivity contribution in [2.24, 2.45) is 5.41 Å². The van der Waals surface area contributed by atoms with Crippen LogP contribution in [0.25, 0.3) is 6.08 Å². The number of H-pyrrole nitrogens is 1. The average molecular weight is 292 g/mol. The van der Waals surface area contributed by atoms with Crippen molar-refractivity contribution in [3.05, 3.63) is 64.5 Å². The number of hydrogen-bond acceptors (Lipinski definition) is 1. The van der Waals surface area contributed by atoms with Gasteiger partial charge in [-0.25, -0.2) is 0 Å². The van der Waals surface area contributed by atoms with E-state index >= 15 is 0 Å². The molecule has 1 fully saturated rings. The molecule has 4 rings (SSSR count). The lowest BCUT2D eigenvalue weighted by atomic mass is 9.66. The fourth-order valence-electron chi connectivity index (χ4n) is 4.14. The number of nitrogens with one attached hydrogen (secondary N) is 2. The van der Waals surface area contributed by atoms with Crippen molar-refractivity contribution in [2.45, 2.75) is 32.6 Å². The number of rotatable bonds is 3. The highest BCUT2D eigenvalue weighted by atomic mass is 14.9. The van der Waals surface area contributed by atoms with Gasteiger partial charge < -0.3 is 10.3 Å². The maximum Gasteiger partial charge on any atom is 0.0415 e. The third-order valence-electron chi connectivity index (χ3n) is 5.32. The zero-order chi connectivity index (χ0) is 15.0. The molecule has 0 radical (unpaired) electrons. The minimum atomic E-state index is 0.264. The maximum atomic E-state index is 3.65. The summed E-state index contributed by atoms with van der Waals surface area (Å²) in [4.78, 5) is 3.60. The summed E-state index contributed by atoms with van der Waals surface area (Å²) in [6.07, 6.45) is 7.00. The van der Waals surface area contributed by atoms with Crippen LogP contribution in [-0.4, -0.2) is 18.1 Å². The van der Waals surface area contributed by atoms with Gasteiger partial charge in [-0.1, -0.05) is 42.8 Å². The Bertz CT molecular complexity index is 696. The Balaban J connectivity index is 1.73. The highest BCUT2D eigenvalue weighted by molar-refractivity contribution is 5.61. The Kier molecular flexibility index (Phi) is 3.42. The number of benzene rings is 1. The SMILES string of the molecule is CCc1cc2c([nH]1)C=C1CCNCC1(Cc1ccccc1)C2. The second kappa shape index (κ2) is 5.44. The van der Waals surface area contributed by atoms with Gasteiger partial charge in [0.25, 0.3) is 0 Å². The molecule has 2 heterocycles. The highest BCUT2D eigenvalue weighted by Gasteiger charge is 2.39. The highest BCUT2D eigenvalue weighted by Crippen LogP contribution is 2.44. The van der Waals surface area contributed by atoms with Crippen LogP contribution in [0, 0.1) is 5.41 Å². The van der Waals surface area contributed by atoms with E-state index in [0.717, 1.165) is 32.4 Å². The molecule has 114 valence electrons. The second-order valence-electron chi connectivity index (χ2n) is 6.80. The van der Waals surface area contributed by atoms with E-state index in [1.54, 1.807) is 5.57 Å². The Morgan fingerprint density at radius 1 is 1.18 bits per heavy atom. The molecule has 2 aliphatic rings. The number of fused-ring (bicyclic) bond motifs is 2. The third-order valence-corrected chi connectivity index (χ3v) is 5.32. The molecule has 2 N–H and O–H groups in total. The number of aromatic nitrogens is 1. The van der Waals surface area contributed by atoms with Crippen LogP contribution in [0.4, 0.5) is 0 Å². The lowest BCUT2D eigenvalue weighted by Crippen LogP contribution is -2.46. The van der Waals surface area contributed by atoms with E-state index in [-0.39, 0.29) is 5.41 Å². The molecule has 1 aromatic heterocycles. The van der Waals surface area contributed by atoms with Gasteiger partial charge in [0, 0.05) is 23.3 Å². The molecule has 1 atom stereocenters. The molecular formula is C20H24N2. The Labute approximate surface area is 132 Å². The van der Waals surface area contributed by atoms with Gasteiger partial charge in [0.1, 0.15) is 0 Å². The minimum absolute atomic E-state index is 0.264. The van der Waals surface area contributed by atoms with Crippen molar-refractivity contribution >= 4 is 6.08 Å². The Morgan fingerprint density at radius 2 is 2.05 bits per heavy atom. The van der Waals surface area contributed by atoms with Gasteiger partial charge in [0.2, 0.25) is 0 Å². The van der Waals surface area contributed by atoms with Crippen molar-refractivity contribution in [2.75, 3.05) is 13.1 Å². The molecule has 1 saturated heterocycles. The van der Waals surface area contributed by atoms with Crippen LogP contribution in [0.5, 0.6) is 0 Å². The maximum absolute atomic E-state index is 3.65. The Morgan fingerprint density at radius 3 is 2.86 bits per heavy atom. The summed E-state index contributed by atoms with van der Waals surface area (Å²) in [5, 5.41) is 3.65. The van der Waals surface area contributed by atoms with Gasteiger partial charge in [-0.05, 0) is 55.5 Å². The van der Waals surface area contributed by atoms with Crippen molar-refractivity contribution in [1.82, 2.24) is 10.3 Å². The van der Waals surface area contributed by atoms with E-state index in [9.17, 15) is 0 Å². The molecule has 2 heteroatoms. The molecule has 0 amide bonds. The van der Waals surface area contributed by atoms with Gasteiger partial charge in [-0.15, -0.1) is 0 Å². The van der Waals surface area contributed by atoms with Crippen LogP contribution in [-0.2, 0) is 19.3 Å². The largest absolute Gasteiger partial charge is 0.359 e. The number of aromatic amines is 1. The van der Waals surface area contributed by atoms with Crippen molar-refractivity contribution in [1.29, 1.82) is 0 Å². The van der Waals surface area contributed by atoms with Gasteiger partial charge in [0.05, 0.1) is 0 Å². The van der Waals surface area contributed by atoms with Crippen LogP contribution < -0.4 is 5.32 Å². The molecule has 1 aromatic carbocycles. The van der Waals surface area contributed by atoms with Crippen molar-refractivity contribution in [3.63, 3.8) is 0 Å². The van der Waals surface area contributed by atoms with Crippen LogP contribution in [0.1, 0.15) is 35.9 Å². The second-order valence-corrected chi connectivity index (χ2v) is 6.80. The summed E-state index contributed by atoms with van der Waals surface area (Å²) in [6, 6.07) is 13.3. The molecule has 0 bridgehead atoms. The van der Waals surface area contributed by atoms with Crippen LogP contribution in [0.3, 0.4) is 0 Å². The molecule has 1 unspecified atom stereocenters. The molecule has 1 aliphatic carbocycles. The first-order valence-electron chi connectivity index (χ1n) is 8.45. The fourth-order valence-corrected chi connectivity index (χ4v) is 4.14. The summed E-state index contributed by atoms with van der Waals surface area (Å²) in [7, 11) is 0. The summed E-state index contributed by atoms with van der Waals surface area (Å²) in [6.45, 7) is 4.43. The third kappa shape index (κ3) is 2.32. The first-order chi connectivity index (χ1) is 10.8. The normalized spacial score (nSPS) is 23.6. The fraction of sp³-hybridized carbons (Fsp3) is 0.400. The van der Waals surface area contributed by atoms with Crippen LogP contribution >= 0.6 is 0 Å². The van der Waals surface area contributed by atoms with E-state index < -0.39 is 0 Å². The molecule has 22 heavy (non-hydrogen) atoms. The first kappa shape index (κ1) is 13.8. The molecule has 0 spiro atoms. The zero-order valence-electron chi connectivity index (χ0n) is 13.3. The molecular weight excluding hydrogens is 268 g/mol. The number of piperidine rings is 1. The predicted molar refractivity (Wildman–Crippen MR) is 91.9 cm³/mol. The summed E-state index contributed by atoms with van der Waals surface area (Å²) >= 11 is 0. The van der Waals surface area contributed by atoms with Gasteiger partial charge in [-0.3, -0.25) is 0 Å². The quantitative estimate of drug-likeness (QED) is 0.886. The predicted octanol–water partition coefficient (Wildman–Crippen LogP) is 3.74. The number of aryl methyl sites for hydroxylation is 1. The lowest BCUT2D eigenvalue weighted by Gasteiger charge is -2.43. The van der Waals surface area contributed by atoms with E-state index in [2.05, 4.69) is 59.7 Å². The molecule has 1 aliphatic heterocycles. The smallest absolute Gasteiger partial charge is 0.0415 e. The average Bonchev–Trinajstić information content (AvgIpc) is 2.94. The van der Waals surface area contributed by atoms with Crippen molar-refractivity contribution in [3.8, 4) is 0 Å². The van der Waals surface area contributed by atoms with Crippen LogP contribution in [0.2, 0.25) is 0 Å². The summed E-state index contributed by atoms with van der Waals surface area (Å²) < 4.78 is 0. The summed E-state index contributed by atoms with van der Waals surface area (Å²) in [5.74, 6) is 0. The van der Waals surface area contributed by atoms with Gasteiger partial charge >= 0.3 is 0 Å². The minimum Gasteiger partial charge on any atom is -0.359 e. The van der Waals surface area contributed by atoms with E-state index in [1.165, 1.54) is 28.9 Å². The van der Waals surface area contributed by atoms with Crippen LogP contribution in [0.15, 0.2) is 42.0 Å². The zero-order valence-corrected chi connectivity index (χ0v) is 13.3. The van der Waals surface area contributed by atoms with E-state index in [4.69, 9.17) is 0 Å². The topological polar surface area (TPSA) is 27.8 Å². The van der Waals surface area contributed by atoms with E-state index in [1.807, 2.05) is 0 Å². The standard InChI is InChI=1S/C20H24N2/c1-2-18-10-16-13-20(12-15-6-4-3-5-7-15)14-21-9-8-17(20)11-19(16)22-18/h3-7,10-11,21-22H,2,8-9,12-14H2,1H3. The number of hydrogen-bond donors (Lipinski definition) is 2. The Hall–Kier alpha value is -1.80. The lowest BCUT2D eigenvalue weighted by molar-refractivity contribution is 0.287. The molecule has 2 aromatic rings. The van der Waals surface area contributed by atoms with E-state index in [0.29, 0.717) is 0 Å². The monoisotopic (exact) mass is 292 g/mol. The van der Waals surface area contributed by atoms with Gasteiger partial charge in [0.15, 0.2) is 0 Å². The first-order valence-corrected chi connectivity index (χ1v) is 8.45. The molecule has 0 saturated carbocycles.